The molecule has 0 radical (unpaired) electrons. The van der Waals surface area contributed by atoms with E-state index in [1.807, 2.05) is 24.3 Å². The van der Waals surface area contributed by atoms with Crippen molar-refractivity contribution in [3.63, 3.8) is 0 Å². The highest BCUT2D eigenvalue weighted by molar-refractivity contribution is 5.85. The van der Waals surface area contributed by atoms with Gasteiger partial charge >= 0.3 is 0 Å². The number of hydrogen-bond donors (Lipinski definition) is 1. The molecule has 0 aliphatic carbocycles. The van der Waals surface area contributed by atoms with Crippen LogP contribution in [0.25, 0.3) is 10.8 Å². The summed E-state index contributed by atoms with van der Waals surface area (Å²) in [5.41, 5.74) is -0.414. The average Bonchev–Trinajstić information content (AvgIpc) is 2.64. The Morgan fingerprint density at radius 3 is 3.06 bits per heavy atom. The van der Waals surface area contributed by atoms with E-state index in [1.54, 1.807) is 12.4 Å². The Labute approximate surface area is 106 Å². The van der Waals surface area contributed by atoms with Crippen LogP contribution < -0.4 is 5.32 Å². The van der Waals surface area contributed by atoms with Crippen LogP contribution >= 0.6 is 0 Å². The van der Waals surface area contributed by atoms with Gasteiger partial charge in [-0.3, -0.25) is 4.98 Å². The molecule has 1 fully saturated rings. The topological polar surface area (TPSA) is 24.9 Å². The molecule has 1 atom stereocenters. The molecule has 2 aromatic rings. The predicted octanol–water partition coefficient (Wildman–Crippen LogP) is 3.17. The fraction of sp³-hybridized carbons (Fsp3) is 0.400. The smallest absolute Gasteiger partial charge is 0.137 e. The molecule has 3 rings (SSSR count). The van der Waals surface area contributed by atoms with Crippen molar-refractivity contribution in [1.82, 2.24) is 10.3 Å². The number of benzene rings is 1. The van der Waals surface area contributed by atoms with Gasteiger partial charge in [0.2, 0.25) is 0 Å². The molecule has 18 heavy (non-hydrogen) atoms. The first-order chi connectivity index (χ1) is 8.80. The van der Waals surface area contributed by atoms with E-state index in [9.17, 15) is 0 Å². The number of aromatic nitrogens is 1. The Hall–Kier alpha value is -1.48. The van der Waals surface area contributed by atoms with Crippen LogP contribution in [-0.2, 0) is 5.67 Å². The molecule has 2 heterocycles. The number of fused-ring (bicyclic) bond motifs is 1. The van der Waals surface area contributed by atoms with Crippen LogP contribution in [0.1, 0.15) is 24.8 Å². The van der Waals surface area contributed by atoms with Gasteiger partial charge in [0.25, 0.3) is 0 Å². The lowest BCUT2D eigenvalue weighted by Gasteiger charge is -2.25. The third-order valence-corrected chi connectivity index (χ3v) is 3.79. The molecule has 2 nitrogen and oxygen atoms in total. The van der Waals surface area contributed by atoms with Crippen molar-refractivity contribution in [2.24, 2.45) is 0 Å². The third kappa shape index (κ3) is 1.99. The Morgan fingerprint density at radius 2 is 2.11 bits per heavy atom. The van der Waals surface area contributed by atoms with Crippen LogP contribution in [0.2, 0.25) is 0 Å². The summed E-state index contributed by atoms with van der Waals surface area (Å²) in [6.07, 6.45) is 5.55. The van der Waals surface area contributed by atoms with Crippen LogP contribution in [0.15, 0.2) is 36.7 Å². The quantitative estimate of drug-likeness (QED) is 0.833. The summed E-state index contributed by atoms with van der Waals surface area (Å²) < 4.78 is 15.2. The molecule has 1 aromatic carbocycles. The van der Waals surface area contributed by atoms with Crippen molar-refractivity contribution in [2.75, 3.05) is 13.1 Å². The zero-order valence-corrected chi connectivity index (χ0v) is 10.3. The second kappa shape index (κ2) is 4.65. The summed E-state index contributed by atoms with van der Waals surface area (Å²) in [6.45, 7) is 1.65. The number of halogens is 1. The summed E-state index contributed by atoms with van der Waals surface area (Å²) in [5.74, 6) is 0. The maximum Gasteiger partial charge on any atom is 0.137 e. The average molecular weight is 244 g/mol. The minimum absolute atomic E-state index is 0.543. The van der Waals surface area contributed by atoms with E-state index in [0.29, 0.717) is 12.8 Å². The first kappa shape index (κ1) is 11.6. The second-order valence-electron chi connectivity index (χ2n) is 4.97. The van der Waals surface area contributed by atoms with Crippen molar-refractivity contribution in [1.29, 1.82) is 0 Å². The van der Waals surface area contributed by atoms with Gasteiger partial charge in [0.05, 0.1) is 0 Å². The summed E-state index contributed by atoms with van der Waals surface area (Å²) >= 11 is 0. The molecule has 1 unspecified atom stereocenters. The van der Waals surface area contributed by atoms with Crippen molar-refractivity contribution in [3.8, 4) is 0 Å². The van der Waals surface area contributed by atoms with Crippen molar-refractivity contribution in [3.05, 3.63) is 42.2 Å². The number of nitrogens with one attached hydrogen (secondary N) is 1. The Bertz CT molecular complexity index is 540. The molecule has 1 aliphatic heterocycles. The predicted molar refractivity (Wildman–Crippen MR) is 71.2 cm³/mol. The van der Waals surface area contributed by atoms with Crippen LogP contribution in [0, 0.1) is 0 Å². The first-order valence-electron chi connectivity index (χ1n) is 6.52. The molecule has 0 amide bonds. The second-order valence-corrected chi connectivity index (χ2v) is 4.97. The van der Waals surface area contributed by atoms with Gasteiger partial charge in [-0.25, -0.2) is 4.39 Å². The van der Waals surface area contributed by atoms with Gasteiger partial charge in [-0.2, -0.15) is 0 Å². The van der Waals surface area contributed by atoms with Gasteiger partial charge in [-0.1, -0.05) is 18.2 Å². The van der Waals surface area contributed by atoms with E-state index in [4.69, 9.17) is 0 Å². The molecule has 0 spiro atoms. The van der Waals surface area contributed by atoms with Gasteiger partial charge in [0.1, 0.15) is 5.67 Å². The fourth-order valence-corrected chi connectivity index (χ4v) is 2.80. The lowest BCUT2D eigenvalue weighted by atomic mass is 9.86. The standard InChI is InChI=1S/C15H17FN2/c16-15(6-2-8-17-10-7-15)14-4-1-3-12-5-9-18-11-13(12)14/h1,3-5,9,11,17H,2,6-8,10H2. The van der Waals surface area contributed by atoms with Crippen LogP contribution in [0.4, 0.5) is 4.39 Å². The zero-order valence-electron chi connectivity index (χ0n) is 10.3. The van der Waals surface area contributed by atoms with E-state index in [2.05, 4.69) is 10.3 Å². The highest BCUT2D eigenvalue weighted by atomic mass is 19.1. The summed E-state index contributed by atoms with van der Waals surface area (Å²) in [5, 5.41) is 5.28. The van der Waals surface area contributed by atoms with Gasteiger partial charge in [0.15, 0.2) is 0 Å². The normalized spacial score (nSPS) is 24.9. The molecular formula is C15H17FN2. The molecule has 1 N–H and O–H groups in total. The Morgan fingerprint density at radius 1 is 1.17 bits per heavy atom. The Kier molecular flexibility index (Phi) is 3.00. The van der Waals surface area contributed by atoms with Gasteiger partial charge < -0.3 is 5.32 Å². The molecule has 94 valence electrons. The molecule has 1 aromatic heterocycles. The Balaban J connectivity index is 2.12. The monoisotopic (exact) mass is 244 g/mol. The lowest BCUT2D eigenvalue weighted by molar-refractivity contribution is 0.147. The van der Waals surface area contributed by atoms with E-state index in [1.165, 1.54) is 0 Å². The first-order valence-corrected chi connectivity index (χ1v) is 6.52. The fourth-order valence-electron chi connectivity index (χ4n) is 2.80. The summed E-state index contributed by atoms with van der Waals surface area (Å²) in [6, 6.07) is 7.81. The highest BCUT2D eigenvalue weighted by Gasteiger charge is 2.33. The number of nitrogens with zero attached hydrogens (tertiary/aromatic N) is 1. The summed E-state index contributed by atoms with van der Waals surface area (Å²) in [4.78, 5) is 4.14. The molecule has 1 saturated heterocycles. The number of pyridine rings is 1. The van der Waals surface area contributed by atoms with Gasteiger partial charge in [-0.05, 0) is 49.4 Å². The van der Waals surface area contributed by atoms with Crippen LogP contribution in [0.5, 0.6) is 0 Å². The van der Waals surface area contributed by atoms with Gasteiger partial charge in [-0.15, -0.1) is 0 Å². The van der Waals surface area contributed by atoms with Crippen molar-refractivity contribution >= 4 is 10.8 Å². The molecule has 0 saturated carbocycles. The lowest BCUT2D eigenvalue weighted by Crippen LogP contribution is -2.22. The minimum atomic E-state index is -1.22. The van der Waals surface area contributed by atoms with E-state index in [0.717, 1.165) is 35.8 Å². The van der Waals surface area contributed by atoms with Crippen LogP contribution in [-0.4, -0.2) is 18.1 Å². The van der Waals surface area contributed by atoms with E-state index >= 15 is 4.39 Å². The van der Waals surface area contributed by atoms with Crippen molar-refractivity contribution < 1.29 is 4.39 Å². The summed E-state index contributed by atoms with van der Waals surface area (Å²) in [7, 11) is 0. The highest BCUT2D eigenvalue weighted by Crippen LogP contribution is 2.39. The minimum Gasteiger partial charge on any atom is -0.317 e. The maximum absolute atomic E-state index is 15.2. The number of rotatable bonds is 1. The number of alkyl halides is 1. The van der Waals surface area contributed by atoms with E-state index < -0.39 is 5.67 Å². The largest absolute Gasteiger partial charge is 0.317 e. The zero-order chi connectivity index (χ0) is 12.4. The van der Waals surface area contributed by atoms with Crippen LogP contribution in [0.3, 0.4) is 0 Å². The van der Waals surface area contributed by atoms with Gasteiger partial charge in [0, 0.05) is 17.8 Å². The third-order valence-electron chi connectivity index (χ3n) is 3.79. The van der Waals surface area contributed by atoms with Crippen molar-refractivity contribution in [2.45, 2.75) is 24.9 Å². The maximum atomic E-state index is 15.2. The SMILES string of the molecule is FC1(c2cccc3ccncc23)CCCNCC1. The molecule has 1 aliphatic rings. The van der Waals surface area contributed by atoms with E-state index in [-0.39, 0.29) is 0 Å². The number of hydrogen-bond acceptors (Lipinski definition) is 2. The molecular weight excluding hydrogens is 227 g/mol. The molecule has 0 bridgehead atoms. The molecule has 3 heteroatoms.